The highest BCUT2D eigenvalue weighted by Crippen LogP contribution is 2.35. The van der Waals surface area contributed by atoms with E-state index < -0.39 is 0 Å². The summed E-state index contributed by atoms with van der Waals surface area (Å²) in [7, 11) is 0. The maximum Gasteiger partial charge on any atom is 0.277 e. The van der Waals surface area contributed by atoms with Crippen molar-refractivity contribution in [2.75, 3.05) is 19.7 Å². The van der Waals surface area contributed by atoms with E-state index in [-0.39, 0.29) is 11.8 Å². The molecule has 0 fully saturated rings. The number of carbonyl (C=O) groups is 2. The lowest BCUT2D eigenvalue weighted by atomic mass is 9.98. The second-order valence-electron chi connectivity index (χ2n) is 8.15. The lowest BCUT2D eigenvalue weighted by molar-refractivity contribution is -0.137. The van der Waals surface area contributed by atoms with Gasteiger partial charge in [-0.05, 0) is 48.1 Å². The summed E-state index contributed by atoms with van der Waals surface area (Å²) in [6.07, 6.45) is 3.55. The molecule has 162 valence electrons. The molecule has 2 aromatic rings. The van der Waals surface area contributed by atoms with Crippen LogP contribution in [-0.4, -0.2) is 41.3 Å². The lowest BCUT2D eigenvalue weighted by Gasteiger charge is -2.31. The zero-order valence-electron chi connectivity index (χ0n) is 18.4. The zero-order chi connectivity index (χ0) is 21.8. The first-order valence-electron chi connectivity index (χ1n) is 11.3. The molecule has 2 aromatic carbocycles. The number of imide groups is 1. The molecule has 2 aliphatic heterocycles. The summed E-state index contributed by atoms with van der Waals surface area (Å²) < 4.78 is 5.69. The number of fused-ring (bicyclic) bond motifs is 1. The first kappa shape index (κ1) is 21.2. The van der Waals surface area contributed by atoms with Crippen molar-refractivity contribution >= 4 is 17.4 Å². The van der Waals surface area contributed by atoms with Crippen LogP contribution >= 0.6 is 0 Å². The lowest BCUT2D eigenvalue weighted by Crippen LogP contribution is -2.37. The predicted molar refractivity (Wildman–Crippen MR) is 121 cm³/mol. The Morgan fingerprint density at radius 3 is 2.35 bits per heavy atom. The van der Waals surface area contributed by atoms with Crippen LogP contribution in [0.4, 0.5) is 0 Å². The first-order valence-corrected chi connectivity index (χ1v) is 11.3. The van der Waals surface area contributed by atoms with Crippen LogP contribution in [0, 0.1) is 0 Å². The third kappa shape index (κ3) is 4.22. The Morgan fingerprint density at radius 1 is 0.903 bits per heavy atom. The maximum atomic E-state index is 13.4. The Bertz CT molecular complexity index is 994. The van der Waals surface area contributed by atoms with Gasteiger partial charge < -0.3 is 9.64 Å². The van der Waals surface area contributed by atoms with Crippen LogP contribution in [0.25, 0.3) is 5.57 Å². The molecule has 2 aliphatic rings. The van der Waals surface area contributed by atoms with Gasteiger partial charge in [-0.25, -0.2) is 0 Å². The monoisotopic (exact) mass is 418 g/mol. The van der Waals surface area contributed by atoms with Crippen LogP contribution in [0.15, 0.2) is 54.2 Å². The fraction of sp³-hybridized carbons (Fsp3) is 0.385. The van der Waals surface area contributed by atoms with Gasteiger partial charge in [0, 0.05) is 19.6 Å². The first-order chi connectivity index (χ1) is 15.1. The summed E-state index contributed by atoms with van der Waals surface area (Å²) in [5.41, 5.74) is 4.37. The summed E-state index contributed by atoms with van der Waals surface area (Å²) in [6.45, 7) is 6.63. The maximum absolute atomic E-state index is 13.4. The number of nitrogens with zero attached hydrogens (tertiary/aromatic N) is 2. The molecule has 31 heavy (non-hydrogen) atoms. The third-order valence-electron chi connectivity index (χ3n) is 5.94. The van der Waals surface area contributed by atoms with Crippen LogP contribution in [-0.2, 0) is 22.6 Å². The van der Waals surface area contributed by atoms with Crippen molar-refractivity contribution in [1.29, 1.82) is 0 Å². The van der Waals surface area contributed by atoms with Crippen LogP contribution in [0.1, 0.15) is 49.8 Å². The molecule has 0 saturated heterocycles. The van der Waals surface area contributed by atoms with Gasteiger partial charge >= 0.3 is 0 Å². The summed E-state index contributed by atoms with van der Waals surface area (Å²) in [5, 5.41) is 0. The van der Waals surface area contributed by atoms with E-state index >= 15 is 0 Å². The largest absolute Gasteiger partial charge is 0.494 e. The normalized spacial score (nSPS) is 16.2. The SMILES string of the molecule is CCCCN1C(=O)C(c2ccc(OCCC)cc2)=C(N2CCc3ccccc3C2)C1=O. The molecule has 0 aliphatic carbocycles. The van der Waals surface area contributed by atoms with Crippen LogP contribution in [0.5, 0.6) is 5.75 Å². The van der Waals surface area contributed by atoms with Gasteiger partial charge in [-0.1, -0.05) is 56.7 Å². The van der Waals surface area contributed by atoms with E-state index in [1.165, 1.54) is 16.0 Å². The van der Waals surface area contributed by atoms with Gasteiger partial charge in [0.2, 0.25) is 0 Å². The zero-order valence-corrected chi connectivity index (χ0v) is 18.4. The molecule has 5 heteroatoms. The second-order valence-corrected chi connectivity index (χ2v) is 8.15. The van der Waals surface area contributed by atoms with Gasteiger partial charge in [-0.2, -0.15) is 0 Å². The standard InChI is InChI=1S/C26H30N2O3/c1-3-5-15-28-25(29)23(20-10-12-22(13-11-20)31-17-4-2)24(26(28)30)27-16-14-19-8-6-7-9-21(19)18-27/h6-13H,3-5,14-18H2,1-2H3. The van der Waals surface area contributed by atoms with E-state index in [2.05, 4.69) is 36.9 Å². The van der Waals surface area contributed by atoms with Gasteiger partial charge in [0.25, 0.3) is 11.8 Å². The molecule has 0 atom stereocenters. The highest BCUT2D eigenvalue weighted by Gasteiger charge is 2.41. The Labute approximate surface area is 184 Å². The van der Waals surface area contributed by atoms with Gasteiger partial charge in [-0.15, -0.1) is 0 Å². The Kier molecular flexibility index (Phi) is 6.40. The molecule has 2 heterocycles. The number of unbranched alkanes of at least 4 members (excludes halogenated alkanes) is 1. The molecule has 0 spiro atoms. The minimum absolute atomic E-state index is 0.167. The van der Waals surface area contributed by atoms with Crippen molar-refractivity contribution in [2.45, 2.75) is 46.1 Å². The van der Waals surface area contributed by atoms with Gasteiger partial charge in [0.05, 0.1) is 12.2 Å². The van der Waals surface area contributed by atoms with Gasteiger partial charge in [0.1, 0.15) is 11.4 Å². The number of benzene rings is 2. The predicted octanol–water partition coefficient (Wildman–Crippen LogP) is 4.41. The third-order valence-corrected chi connectivity index (χ3v) is 5.94. The number of rotatable bonds is 8. The van der Waals surface area contributed by atoms with E-state index in [1.54, 1.807) is 0 Å². The topological polar surface area (TPSA) is 49.9 Å². The molecule has 0 unspecified atom stereocenters. The minimum atomic E-state index is -0.186. The fourth-order valence-corrected chi connectivity index (χ4v) is 4.26. The number of ether oxygens (including phenoxy) is 1. The highest BCUT2D eigenvalue weighted by molar-refractivity contribution is 6.35. The van der Waals surface area contributed by atoms with E-state index in [4.69, 9.17) is 4.74 Å². The summed E-state index contributed by atoms with van der Waals surface area (Å²) in [6, 6.07) is 15.9. The van der Waals surface area contributed by atoms with E-state index in [9.17, 15) is 9.59 Å². The van der Waals surface area contributed by atoms with Gasteiger partial charge in [0.15, 0.2) is 0 Å². The van der Waals surface area contributed by atoms with E-state index in [0.29, 0.717) is 31.0 Å². The van der Waals surface area contributed by atoms with Crippen molar-refractivity contribution in [2.24, 2.45) is 0 Å². The molecule has 0 radical (unpaired) electrons. The number of amides is 2. The minimum Gasteiger partial charge on any atom is -0.494 e. The van der Waals surface area contributed by atoms with Crippen molar-refractivity contribution in [3.63, 3.8) is 0 Å². The number of carbonyl (C=O) groups excluding carboxylic acids is 2. The van der Waals surface area contributed by atoms with Crippen LogP contribution in [0.2, 0.25) is 0 Å². The Morgan fingerprint density at radius 2 is 1.65 bits per heavy atom. The smallest absolute Gasteiger partial charge is 0.277 e. The molecular formula is C26H30N2O3. The Balaban J connectivity index is 1.70. The van der Waals surface area contributed by atoms with E-state index in [0.717, 1.165) is 43.5 Å². The Hall–Kier alpha value is -3.08. The molecule has 0 N–H and O–H groups in total. The number of hydrogen-bond acceptors (Lipinski definition) is 4. The van der Waals surface area contributed by atoms with Crippen LogP contribution < -0.4 is 4.74 Å². The highest BCUT2D eigenvalue weighted by atomic mass is 16.5. The number of hydrogen-bond donors (Lipinski definition) is 0. The second kappa shape index (κ2) is 9.38. The molecule has 2 amide bonds. The fourth-order valence-electron chi connectivity index (χ4n) is 4.26. The molecule has 0 aromatic heterocycles. The molecule has 0 saturated carbocycles. The molecule has 5 nitrogen and oxygen atoms in total. The van der Waals surface area contributed by atoms with Gasteiger partial charge in [-0.3, -0.25) is 14.5 Å². The molecule has 4 rings (SSSR count). The van der Waals surface area contributed by atoms with Crippen molar-refractivity contribution in [3.05, 3.63) is 70.9 Å². The average molecular weight is 419 g/mol. The molecular weight excluding hydrogens is 388 g/mol. The van der Waals surface area contributed by atoms with Crippen molar-refractivity contribution in [3.8, 4) is 5.75 Å². The van der Waals surface area contributed by atoms with Crippen LogP contribution in [0.3, 0.4) is 0 Å². The van der Waals surface area contributed by atoms with E-state index in [1.807, 2.05) is 30.3 Å². The quantitative estimate of drug-likeness (QED) is 0.596. The van der Waals surface area contributed by atoms with Crippen molar-refractivity contribution < 1.29 is 14.3 Å². The summed E-state index contributed by atoms with van der Waals surface area (Å²) in [4.78, 5) is 30.3. The summed E-state index contributed by atoms with van der Waals surface area (Å²) >= 11 is 0. The van der Waals surface area contributed by atoms with Crippen molar-refractivity contribution in [1.82, 2.24) is 9.80 Å². The average Bonchev–Trinajstić information content (AvgIpc) is 3.05. The summed E-state index contributed by atoms with van der Waals surface area (Å²) in [5.74, 6) is 0.424. The molecule has 0 bridgehead atoms.